The molecule has 2 aromatic rings. The average Bonchev–Trinajstić information content (AvgIpc) is 2.33. The topological polar surface area (TPSA) is 37.3 Å². The Kier molecular flexibility index (Phi) is 4.23. The van der Waals surface area contributed by atoms with Crippen molar-refractivity contribution >= 4 is 40.3 Å². The predicted molar refractivity (Wildman–Crippen MR) is 76.6 cm³/mol. The first kappa shape index (κ1) is 13.4. The van der Waals surface area contributed by atoms with Crippen LogP contribution in [0.3, 0.4) is 0 Å². The van der Waals surface area contributed by atoms with E-state index in [0.717, 1.165) is 8.47 Å². The molecule has 0 saturated heterocycles. The van der Waals surface area contributed by atoms with Crippen molar-refractivity contribution in [1.82, 2.24) is 0 Å². The van der Waals surface area contributed by atoms with Gasteiger partial charge in [0, 0.05) is 13.4 Å². The molecule has 0 atom stereocenters. The number of carbonyl (C=O) groups is 1. The van der Waals surface area contributed by atoms with Crippen LogP contribution in [0.1, 0.15) is 10.4 Å². The number of hydrogen-bond acceptors (Lipinski definition) is 2. The van der Waals surface area contributed by atoms with Gasteiger partial charge in [0.25, 0.3) is 0 Å². The van der Waals surface area contributed by atoms with Crippen LogP contribution in [-0.2, 0) is 0 Å². The van der Waals surface area contributed by atoms with Gasteiger partial charge >= 0.3 is 5.97 Å². The van der Waals surface area contributed by atoms with E-state index in [1.165, 1.54) is 30.0 Å². The Morgan fingerprint density at radius 1 is 1.17 bits per heavy atom. The van der Waals surface area contributed by atoms with E-state index in [1.807, 2.05) is 6.07 Å². The molecule has 0 radical (unpaired) electrons. The van der Waals surface area contributed by atoms with Crippen LogP contribution in [0.4, 0.5) is 4.39 Å². The number of aromatic carboxylic acids is 1. The SMILES string of the molecule is O=C(O)c1ccc(Sc2ccc(I)cc2F)cc1. The summed E-state index contributed by atoms with van der Waals surface area (Å²) in [5.41, 5.74) is 0.224. The molecule has 0 bridgehead atoms. The van der Waals surface area contributed by atoms with Crippen molar-refractivity contribution in [3.05, 3.63) is 57.4 Å². The standard InChI is InChI=1S/C13H8FIO2S/c14-11-7-9(15)3-6-12(11)18-10-4-1-8(2-5-10)13(16)17/h1-7H,(H,16,17). The predicted octanol–water partition coefficient (Wildman–Crippen LogP) is 4.28. The summed E-state index contributed by atoms with van der Waals surface area (Å²) in [7, 11) is 0. The van der Waals surface area contributed by atoms with Gasteiger partial charge in [0.05, 0.1) is 5.56 Å². The van der Waals surface area contributed by atoms with Crippen LogP contribution >= 0.6 is 34.4 Å². The molecular weight excluding hydrogens is 366 g/mol. The molecule has 0 heterocycles. The van der Waals surface area contributed by atoms with Crippen molar-refractivity contribution in [2.24, 2.45) is 0 Å². The molecule has 0 aliphatic carbocycles. The van der Waals surface area contributed by atoms with Crippen LogP contribution in [-0.4, -0.2) is 11.1 Å². The van der Waals surface area contributed by atoms with Gasteiger partial charge in [0.2, 0.25) is 0 Å². The quantitative estimate of drug-likeness (QED) is 0.815. The average molecular weight is 374 g/mol. The molecule has 2 rings (SSSR count). The van der Waals surface area contributed by atoms with Crippen LogP contribution < -0.4 is 0 Å². The third-order valence-corrected chi connectivity index (χ3v) is 3.95. The van der Waals surface area contributed by atoms with Crippen molar-refractivity contribution in [3.63, 3.8) is 0 Å². The smallest absolute Gasteiger partial charge is 0.335 e. The lowest BCUT2D eigenvalue weighted by atomic mass is 10.2. The van der Waals surface area contributed by atoms with E-state index in [2.05, 4.69) is 22.6 Å². The molecule has 2 nitrogen and oxygen atoms in total. The summed E-state index contributed by atoms with van der Waals surface area (Å²) < 4.78 is 14.5. The molecule has 0 fully saturated rings. The molecule has 5 heteroatoms. The van der Waals surface area contributed by atoms with Gasteiger partial charge in [-0.15, -0.1) is 0 Å². The van der Waals surface area contributed by atoms with Crippen molar-refractivity contribution < 1.29 is 14.3 Å². The van der Waals surface area contributed by atoms with Gasteiger partial charge in [0.15, 0.2) is 0 Å². The first-order valence-corrected chi connectivity index (χ1v) is 6.92. The Labute approximate surface area is 121 Å². The van der Waals surface area contributed by atoms with Crippen LogP contribution in [0.2, 0.25) is 0 Å². The van der Waals surface area contributed by atoms with Crippen molar-refractivity contribution in [2.45, 2.75) is 9.79 Å². The summed E-state index contributed by atoms with van der Waals surface area (Å²) >= 11 is 3.32. The Balaban J connectivity index is 2.21. The molecule has 0 aliphatic heterocycles. The summed E-state index contributed by atoms with van der Waals surface area (Å²) in [4.78, 5) is 12.0. The molecule has 18 heavy (non-hydrogen) atoms. The highest BCUT2D eigenvalue weighted by molar-refractivity contribution is 14.1. The largest absolute Gasteiger partial charge is 0.478 e. The van der Waals surface area contributed by atoms with Gasteiger partial charge in [-0.05, 0) is 65.1 Å². The van der Waals surface area contributed by atoms with E-state index in [9.17, 15) is 9.18 Å². The number of rotatable bonds is 3. The molecule has 0 spiro atoms. The first-order valence-electron chi connectivity index (χ1n) is 5.02. The zero-order valence-electron chi connectivity index (χ0n) is 9.06. The van der Waals surface area contributed by atoms with Gasteiger partial charge in [-0.3, -0.25) is 0 Å². The van der Waals surface area contributed by atoms with E-state index in [-0.39, 0.29) is 11.4 Å². The number of carboxylic acid groups (broad SMARTS) is 1. The normalized spacial score (nSPS) is 10.3. The van der Waals surface area contributed by atoms with Crippen LogP contribution in [0, 0.1) is 9.39 Å². The molecular formula is C13H8FIO2S. The maximum atomic E-state index is 13.6. The van der Waals surface area contributed by atoms with E-state index in [1.54, 1.807) is 18.2 Å². The van der Waals surface area contributed by atoms with Gasteiger partial charge in [-0.25, -0.2) is 9.18 Å². The lowest BCUT2D eigenvalue weighted by molar-refractivity contribution is 0.0697. The second-order valence-electron chi connectivity index (χ2n) is 3.51. The Morgan fingerprint density at radius 3 is 2.39 bits per heavy atom. The molecule has 0 amide bonds. The molecule has 2 aromatic carbocycles. The maximum absolute atomic E-state index is 13.6. The minimum absolute atomic E-state index is 0.224. The zero-order chi connectivity index (χ0) is 13.1. The third-order valence-electron chi connectivity index (χ3n) is 2.22. The third kappa shape index (κ3) is 3.23. The van der Waals surface area contributed by atoms with Gasteiger partial charge in [-0.2, -0.15) is 0 Å². The second kappa shape index (κ2) is 5.71. The van der Waals surface area contributed by atoms with Crippen LogP contribution in [0.15, 0.2) is 52.3 Å². The van der Waals surface area contributed by atoms with Gasteiger partial charge in [0.1, 0.15) is 5.82 Å². The number of halogens is 2. The molecule has 0 aromatic heterocycles. The fourth-order valence-electron chi connectivity index (χ4n) is 1.35. The minimum atomic E-state index is -0.966. The molecule has 1 N–H and O–H groups in total. The maximum Gasteiger partial charge on any atom is 0.335 e. The molecule has 0 unspecified atom stereocenters. The van der Waals surface area contributed by atoms with E-state index < -0.39 is 5.97 Å². The summed E-state index contributed by atoms with van der Waals surface area (Å²) in [6.45, 7) is 0. The summed E-state index contributed by atoms with van der Waals surface area (Å²) in [6, 6.07) is 11.4. The van der Waals surface area contributed by atoms with E-state index >= 15 is 0 Å². The fraction of sp³-hybridized carbons (Fsp3) is 0. The van der Waals surface area contributed by atoms with Gasteiger partial charge in [-0.1, -0.05) is 11.8 Å². The minimum Gasteiger partial charge on any atom is -0.478 e. The highest BCUT2D eigenvalue weighted by Crippen LogP contribution is 2.30. The Hall–Kier alpha value is -1.08. The highest BCUT2D eigenvalue weighted by Gasteiger charge is 2.06. The summed E-state index contributed by atoms with van der Waals surface area (Å²) in [6.07, 6.45) is 0. The fourth-order valence-corrected chi connectivity index (χ4v) is 2.62. The first-order chi connectivity index (χ1) is 8.56. The van der Waals surface area contributed by atoms with Crippen LogP contribution in [0.25, 0.3) is 0 Å². The highest BCUT2D eigenvalue weighted by atomic mass is 127. The van der Waals surface area contributed by atoms with Crippen molar-refractivity contribution in [1.29, 1.82) is 0 Å². The second-order valence-corrected chi connectivity index (χ2v) is 5.87. The number of carboxylic acids is 1. The Morgan fingerprint density at radius 2 is 1.83 bits per heavy atom. The molecule has 0 saturated carbocycles. The lowest BCUT2D eigenvalue weighted by Gasteiger charge is -2.04. The molecule has 0 aliphatic rings. The molecule has 92 valence electrons. The zero-order valence-corrected chi connectivity index (χ0v) is 12.0. The number of benzene rings is 2. The monoisotopic (exact) mass is 374 g/mol. The summed E-state index contributed by atoms with van der Waals surface area (Å²) in [5, 5.41) is 8.77. The van der Waals surface area contributed by atoms with Crippen molar-refractivity contribution in [3.8, 4) is 0 Å². The number of hydrogen-bond donors (Lipinski definition) is 1. The van der Waals surface area contributed by atoms with E-state index in [0.29, 0.717) is 4.90 Å². The van der Waals surface area contributed by atoms with E-state index in [4.69, 9.17) is 5.11 Å². The lowest BCUT2D eigenvalue weighted by Crippen LogP contribution is -1.94. The Bertz CT molecular complexity index is 584. The van der Waals surface area contributed by atoms with Crippen molar-refractivity contribution in [2.75, 3.05) is 0 Å². The van der Waals surface area contributed by atoms with Crippen LogP contribution in [0.5, 0.6) is 0 Å². The summed E-state index contributed by atoms with van der Waals surface area (Å²) in [5.74, 6) is -1.23. The van der Waals surface area contributed by atoms with Gasteiger partial charge < -0.3 is 5.11 Å².